The molecule has 1 rings (SSSR count). The number of benzene rings is 1. The van der Waals surface area contributed by atoms with E-state index in [4.69, 9.17) is 11.6 Å². The van der Waals surface area contributed by atoms with Crippen LogP contribution in [0.25, 0.3) is 6.08 Å². The molecule has 1 aromatic carbocycles. The summed E-state index contributed by atoms with van der Waals surface area (Å²) in [5, 5.41) is 10.9. The zero-order valence-electron chi connectivity index (χ0n) is 8.91. The molecule has 0 spiro atoms. The minimum absolute atomic E-state index is 0.0495. The van der Waals surface area contributed by atoms with Crippen LogP contribution in [0.1, 0.15) is 19.4 Å². The molecule has 0 heterocycles. The average Bonchev–Trinajstić information content (AvgIpc) is 2.15. The summed E-state index contributed by atoms with van der Waals surface area (Å²) in [6, 6.07) is 3.77. The zero-order chi connectivity index (χ0) is 12.3. The van der Waals surface area contributed by atoms with Crippen molar-refractivity contribution >= 4 is 17.7 Å². The fourth-order valence-electron chi connectivity index (χ4n) is 1.21. The van der Waals surface area contributed by atoms with Gasteiger partial charge in [-0.05, 0) is 17.7 Å². The van der Waals surface area contributed by atoms with Crippen molar-refractivity contribution in [3.63, 3.8) is 0 Å². The van der Waals surface area contributed by atoms with Gasteiger partial charge in [0.15, 0.2) is 0 Å². The van der Waals surface area contributed by atoms with Gasteiger partial charge in [0.2, 0.25) is 5.70 Å². The van der Waals surface area contributed by atoms with Gasteiger partial charge in [0.1, 0.15) is 5.82 Å². The minimum Gasteiger partial charge on any atom is -0.259 e. The molecule has 5 heteroatoms. The molecule has 0 saturated heterocycles. The first-order chi connectivity index (χ1) is 7.41. The first kappa shape index (κ1) is 12.6. The van der Waals surface area contributed by atoms with E-state index in [0.29, 0.717) is 5.56 Å². The highest BCUT2D eigenvalue weighted by atomic mass is 35.5. The standard InChI is InChI=1S/C11H11ClFNO2/c1-7(2)11(14(15)16)5-8-3-4-9(13)6-10(8)12/h3-7H,1-2H3/b11-5-. The quantitative estimate of drug-likeness (QED) is 0.599. The minimum atomic E-state index is -0.464. The average molecular weight is 244 g/mol. The largest absolute Gasteiger partial charge is 0.259 e. The predicted molar refractivity (Wildman–Crippen MR) is 61.2 cm³/mol. The predicted octanol–water partition coefficient (Wildman–Crippen LogP) is 3.75. The van der Waals surface area contributed by atoms with E-state index < -0.39 is 10.7 Å². The molecule has 16 heavy (non-hydrogen) atoms. The maximum absolute atomic E-state index is 12.8. The Bertz CT molecular complexity index is 444. The molecule has 0 aliphatic rings. The summed E-state index contributed by atoms with van der Waals surface area (Å²) in [7, 11) is 0. The molecule has 0 bridgehead atoms. The fourth-order valence-corrected chi connectivity index (χ4v) is 1.43. The van der Waals surface area contributed by atoms with Crippen LogP contribution in [-0.4, -0.2) is 4.92 Å². The molecule has 0 fully saturated rings. The Morgan fingerprint density at radius 1 is 1.56 bits per heavy atom. The topological polar surface area (TPSA) is 43.1 Å². The van der Waals surface area contributed by atoms with E-state index in [2.05, 4.69) is 0 Å². The van der Waals surface area contributed by atoms with E-state index in [1.165, 1.54) is 18.2 Å². The molecule has 0 atom stereocenters. The highest BCUT2D eigenvalue weighted by molar-refractivity contribution is 6.32. The van der Waals surface area contributed by atoms with Gasteiger partial charge in [-0.15, -0.1) is 0 Å². The molecule has 86 valence electrons. The summed E-state index contributed by atoms with van der Waals surface area (Å²) < 4.78 is 12.8. The molecule has 0 saturated carbocycles. The monoisotopic (exact) mass is 243 g/mol. The normalized spacial score (nSPS) is 11.9. The number of nitrogens with zero attached hydrogens (tertiary/aromatic N) is 1. The molecule has 3 nitrogen and oxygen atoms in total. The van der Waals surface area contributed by atoms with Crippen molar-refractivity contribution in [1.29, 1.82) is 0 Å². The highest BCUT2D eigenvalue weighted by Gasteiger charge is 2.16. The van der Waals surface area contributed by atoms with Crippen LogP contribution in [0.4, 0.5) is 4.39 Å². The van der Waals surface area contributed by atoms with E-state index in [1.54, 1.807) is 13.8 Å². The van der Waals surface area contributed by atoms with Gasteiger partial charge in [-0.1, -0.05) is 31.5 Å². The SMILES string of the molecule is CC(C)/C(=C/c1ccc(F)cc1Cl)[N+](=O)[O-]. The first-order valence-corrected chi connectivity index (χ1v) is 5.10. The summed E-state index contributed by atoms with van der Waals surface area (Å²) in [5.41, 5.74) is 0.497. The molecule has 0 aromatic heterocycles. The molecule has 0 amide bonds. The van der Waals surface area contributed by atoms with Gasteiger partial charge in [-0.3, -0.25) is 10.1 Å². The third kappa shape index (κ3) is 3.03. The molecular formula is C11H11ClFNO2. The summed E-state index contributed by atoms with van der Waals surface area (Å²) in [6.07, 6.45) is 1.37. The van der Waals surface area contributed by atoms with Gasteiger partial charge in [0.05, 0.1) is 9.95 Å². The Balaban J connectivity index is 3.18. The lowest BCUT2D eigenvalue weighted by Crippen LogP contribution is -2.05. The van der Waals surface area contributed by atoms with Crippen LogP contribution in [0.5, 0.6) is 0 Å². The molecule has 0 aliphatic heterocycles. The van der Waals surface area contributed by atoms with Gasteiger partial charge < -0.3 is 0 Å². The third-order valence-electron chi connectivity index (χ3n) is 2.07. The van der Waals surface area contributed by atoms with Crippen LogP contribution >= 0.6 is 11.6 Å². The number of hydrogen-bond acceptors (Lipinski definition) is 2. The van der Waals surface area contributed by atoms with E-state index in [1.807, 2.05) is 0 Å². The van der Waals surface area contributed by atoms with Gasteiger partial charge in [-0.25, -0.2) is 4.39 Å². The molecule has 0 N–H and O–H groups in total. The van der Waals surface area contributed by atoms with Crippen molar-refractivity contribution in [2.24, 2.45) is 5.92 Å². The van der Waals surface area contributed by atoms with Gasteiger partial charge in [0.25, 0.3) is 0 Å². The Morgan fingerprint density at radius 2 is 2.19 bits per heavy atom. The van der Waals surface area contributed by atoms with Crippen molar-refractivity contribution in [3.05, 3.63) is 50.4 Å². The van der Waals surface area contributed by atoms with Crippen molar-refractivity contribution in [2.75, 3.05) is 0 Å². The van der Waals surface area contributed by atoms with Crippen LogP contribution in [0.2, 0.25) is 5.02 Å². The lowest BCUT2D eigenvalue weighted by atomic mass is 10.1. The summed E-state index contributed by atoms with van der Waals surface area (Å²) in [5.74, 6) is -0.689. The van der Waals surface area contributed by atoms with Crippen molar-refractivity contribution in [1.82, 2.24) is 0 Å². The van der Waals surface area contributed by atoms with Crippen LogP contribution in [0, 0.1) is 21.8 Å². The zero-order valence-corrected chi connectivity index (χ0v) is 9.66. The molecule has 1 aromatic rings. The van der Waals surface area contributed by atoms with Crippen molar-refractivity contribution in [2.45, 2.75) is 13.8 Å². The summed E-state index contributed by atoms with van der Waals surface area (Å²) >= 11 is 5.78. The van der Waals surface area contributed by atoms with Crippen LogP contribution in [0.3, 0.4) is 0 Å². The van der Waals surface area contributed by atoms with Crippen molar-refractivity contribution < 1.29 is 9.31 Å². The number of nitro groups is 1. The van der Waals surface area contributed by atoms with Crippen molar-refractivity contribution in [3.8, 4) is 0 Å². The molecular weight excluding hydrogens is 233 g/mol. The first-order valence-electron chi connectivity index (χ1n) is 4.73. The van der Waals surface area contributed by atoms with Gasteiger partial charge in [-0.2, -0.15) is 0 Å². The second-order valence-corrected chi connectivity index (χ2v) is 4.05. The van der Waals surface area contributed by atoms with Crippen LogP contribution in [-0.2, 0) is 0 Å². The van der Waals surface area contributed by atoms with E-state index in [9.17, 15) is 14.5 Å². The van der Waals surface area contributed by atoms with E-state index in [0.717, 1.165) is 6.07 Å². The maximum atomic E-state index is 12.8. The van der Waals surface area contributed by atoms with E-state index in [-0.39, 0.29) is 16.6 Å². The molecule has 0 unspecified atom stereocenters. The smallest absolute Gasteiger partial charge is 0.249 e. The van der Waals surface area contributed by atoms with Crippen LogP contribution in [0.15, 0.2) is 23.9 Å². The number of hydrogen-bond donors (Lipinski definition) is 0. The number of rotatable bonds is 3. The second-order valence-electron chi connectivity index (χ2n) is 3.65. The Labute approximate surface area is 97.7 Å². The highest BCUT2D eigenvalue weighted by Crippen LogP contribution is 2.22. The maximum Gasteiger partial charge on any atom is 0.249 e. The second kappa shape index (κ2) is 5.07. The number of halogens is 2. The molecule has 0 radical (unpaired) electrons. The Hall–Kier alpha value is -1.42. The van der Waals surface area contributed by atoms with E-state index >= 15 is 0 Å². The Morgan fingerprint density at radius 3 is 2.62 bits per heavy atom. The lowest BCUT2D eigenvalue weighted by Gasteiger charge is -2.03. The lowest BCUT2D eigenvalue weighted by molar-refractivity contribution is -0.431. The fraction of sp³-hybridized carbons (Fsp3) is 0.273. The summed E-state index contributed by atoms with van der Waals surface area (Å²) in [4.78, 5) is 10.3. The van der Waals surface area contributed by atoms with Gasteiger partial charge in [0, 0.05) is 12.0 Å². The van der Waals surface area contributed by atoms with Gasteiger partial charge >= 0.3 is 0 Å². The number of allylic oxidation sites excluding steroid dienone is 1. The molecule has 0 aliphatic carbocycles. The summed E-state index contributed by atoms with van der Waals surface area (Å²) in [6.45, 7) is 3.43. The Kier molecular flexibility index (Phi) is 4.01. The van der Waals surface area contributed by atoms with Crippen LogP contribution < -0.4 is 0 Å². The third-order valence-corrected chi connectivity index (χ3v) is 2.40.